The van der Waals surface area contributed by atoms with E-state index in [-0.39, 0.29) is 5.97 Å². The first-order valence-electron chi connectivity index (χ1n) is 7.33. The Morgan fingerprint density at radius 2 is 2.15 bits per heavy atom. The van der Waals surface area contributed by atoms with E-state index in [1.54, 1.807) is 12.1 Å². The van der Waals surface area contributed by atoms with E-state index in [9.17, 15) is 4.79 Å². The van der Waals surface area contributed by atoms with Crippen LogP contribution in [0.3, 0.4) is 0 Å². The molecule has 0 heterocycles. The van der Waals surface area contributed by atoms with E-state index in [0.717, 1.165) is 18.2 Å². The maximum atomic E-state index is 11.8. The number of esters is 1. The molecule has 0 aliphatic heterocycles. The minimum absolute atomic E-state index is 0.350. The van der Waals surface area contributed by atoms with E-state index < -0.39 is 0 Å². The van der Waals surface area contributed by atoms with Gasteiger partial charge < -0.3 is 15.8 Å². The number of carbonyl (C=O) groups excluding carboxylic acids is 1. The first-order chi connectivity index (χ1) is 9.61. The Hall–Kier alpha value is -1.71. The number of nitrogens with two attached hydrogens (primary N) is 1. The number of hydrogen-bond donors (Lipinski definition) is 2. The molecule has 2 unspecified atom stereocenters. The molecule has 0 spiro atoms. The molecule has 0 bridgehead atoms. The first-order valence-corrected chi connectivity index (χ1v) is 7.33. The van der Waals surface area contributed by atoms with Gasteiger partial charge in [0.2, 0.25) is 0 Å². The van der Waals surface area contributed by atoms with Gasteiger partial charge in [-0.15, -0.1) is 0 Å². The molecule has 0 aromatic heterocycles. The van der Waals surface area contributed by atoms with Crippen molar-refractivity contribution in [2.24, 2.45) is 11.8 Å². The Labute approximate surface area is 120 Å². The fourth-order valence-corrected chi connectivity index (χ4v) is 2.93. The lowest BCUT2D eigenvalue weighted by Crippen LogP contribution is -2.25. The molecule has 0 radical (unpaired) electrons. The van der Waals surface area contributed by atoms with Gasteiger partial charge in [0.15, 0.2) is 0 Å². The van der Waals surface area contributed by atoms with Gasteiger partial charge in [-0.2, -0.15) is 0 Å². The molecule has 1 aliphatic carbocycles. The highest BCUT2D eigenvalue weighted by atomic mass is 16.5. The monoisotopic (exact) mass is 276 g/mol. The zero-order chi connectivity index (χ0) is 14.5. The van der Waals surface area contributed by atoms with Gasteiger partial charge >= 0.3 is 5.97 Å². The van der Waals surface area contributed by atoms with Crippen LogP contribution in [-0.2, 0) is 4.74 Å². The van der Waals surface area contributed by atoms with Crippen LogP contribution in [0, 0.1) is 11.8 Å². The van der Waals surface area contributed by atoms with E-state index >= 15 is 0 Å². The molecule has 0 amide bonds. The Morgan fingerprint density at radius 3 is 2.85 bits per heavy atom. The van der Waals surface area contributed by atoms with Gasteiger partial charge in [-0.25, -0.2) is 4.79 Å². The second kappa shape index (κ2) is 6.64. The minimum atomic E-state index is -0.350. The molecule has 1 aliphatic rings. The summed E-state index contributed by atoms with van der Waals surface area (Å²) in [7, 11) is 1.39. The maximum absolute atomic E-state index is 11.8. The van der Waals surface area contributed by atoms with E-state index in [2.05, 4.69) is 12.2 Å². The van der Waals surface area contributed by atoms with Gasteiger partial charge in [0, 0.05) is 17.9 Å². The summed E-state index contributed by atoms with van der Waals surface area (Å²) in [6.07, 6.45) is 5.21. The third-order valence-electron chi connectivity index (χ3n) is 4.29. The van der Waals surface area contributed by atoms with Gasteiger partial charge in [0.1, 0.15) is 0 Å². The van der Waals surface area contributed by atoms with Crippen LogP contribution in [0.5, 0.6) is 0 Å². The van der Waals surface area contributed by atoms with Crippen molar-refractivity contribution in [2.45, 2.75) is 32.6 Å². The summed E-state index contributed by atoms with van der Waals surface area (Å²) >= 11 is 0. The number of benzene rings is 1. The molecule has 110 valence electrons. The standard InChI is InChI=1S/C16H24N2O2/c1-11-5-3-4-6-12(11)10-18-15-8-7-13(17)9-14(15)16(19)20-2/h7-9,11-12,18H,3-6,10,17H2,1-2H3. The second-order valence-corrected chi connectivity index (χ2v) is 5.70. The van der Waals surface area contributed by atoms with E-state index in [1.807, 2.05) is 6.07 Å². The molecular weight excluding hydrogens is 252 g/mol. The Balaban J connectivity index is 2.06. The average Bonchev–Trinajstić information content (AvgIpc) is 2.46. The molecular formula is C16H24N2O2. The molecule has 1 aromatic carbocycles. The highest BCUT2D eigenvalue weighted by Gasteiger charge is 2.21. The third kappa shape index (κ3) is 3.44. The number of nitrogen functional groups attached to an aromatic ring is 1. The number of hydrogen-bond acceptors (Lipinski definition) is 4. The third-order valence-corrected chi connectivity index (χ3v) is 4.29. The highest BCUT2D eigenvalue weighted by molar-refractivity contribution is 5.96. The summed E-state index contributed by atoms with van der Waals surface area (Å²) in [6.45, 7) is 3.21. The summed E-state index contributed by atoms with van der Waals surface area (Å²) in [5.41, 5.74) is 7.64. The van der Waals surface area contributed by atoms with Gasteiger partial charge in [-0.3, -0.25) is 0 Å². The maximum Gasteiger partial charge on any atom is 0.340 e. The summed E-state index contributed by atoms with van der Waals surface area (Å²) < 4.78 is 4.81. The highest BCUT2D eigenvalue weighted by Crippen LogP contribution is 2.30. The molecule has 0 saturated heterocycles. The van der Waals surface area contributed by atoms with Crippen molar-refractivity contribution in [3.05, 3.63) is 23.8 Å². The van der Waals surface area contributed by atoms with Crippen molar-refractivity contribution >= 4 is 17.3 Å². The summed E-state index contributed by atoms with van der Waals surface area (Å²) in [6, 6.07) is 5.33. The molecule has 20 heavy (non-hydrogen) atoms. The Bertz CT molecular complexity index is 474. The molecule has 1 aromatic rings. The number of methoxy groups -OCH3 is 1. The zero-order valence-corrected chi connectivity index (χ0v) is 12.3. The number of anilines is 2. The normalized spacial score (nSPS) is 22.3. The number of rotatable bonds is 4. The molecule has 4 heteroatoms. The van der Waals surface area contributed by atoms with Crippen LogP contribution in [-0.4, -0.2) is 19.6 Å². The zero-order valence-electron chi connectivity index (χ0n) is 12.3. The van der Waals surface area contributed by atoms with Gasteiger partial charge in [0.25, 0.3) is 0 Å². The van der Waals surface area contributed by atoms with Crippen molar-refractivity contribution in [2.75, 3.05) is 24.7 Å². The van der Waals surface area contributed by atoms with Crippen LogP contribution in [0.2, 0.25) is 0 Å². The molecule has 3 N–H and O–H groups in total. The smallest absolute Gasteiger partial charge is 0.340 e. The minimum Gasteiger partial charge on any atom is -0.465 e. The van der Waals surface area contributed by atoms with Crippen molar-refractivity contribution in [3.8, 4) is 0 Å². The van der Waals surface area contributed by atoms with Crippen LogP contribution < -0.4 is 11.1 Å². The lowest BCUT2D eigenvalue weighted by Gasteiger charge is -2.29. The molecule has 1 saturated carbocycles. The molecule has 1 fully saturated rings. The number of ether oxygens (including phenoxy) is 1. The van der Waals surface area contributed by atoms with Crippen LogP contribution in [0.25, 0.3) is 0 Å². The van der Waals surface area contributed by atoms with Crippen LogP contribution in [0.4, 0.5) is 11.4 Å². The van der Waals surface area contributed by atoms with Crippen molar-refractivity contribution in [1.82, 2.24) is 0 Å². The fraction of sp³-hybridized carbons (Fsp3) is 0.562. The Morgan fingerprint density at radius 1 is 1.40 bits per heavy atom. The van der Waals surface area contributed by atoms with Gasteiger partial charge in [-0.1, -0.05) is 26.2 Å². The fourth-order valence-electron chi connectivity index (χ4n) is 2.93. The quantitative estimate of drug-likeness (QED) is 0.654. The molecule has 2 atom stereocenters. The van der Waals surface area contributed by atoms with E-state index in [0.29, 0.717) is 17.2 Å². The molecule has 2 rings (SSSR count). The number of carbonyl (C=O) groups is 1. The average molecular weight is 276 g/mol. The van der Waals surface area contributed by atoms with Crippen LogP contribution in [0.15, 0.2) is 18.2 Å². The van der Waals surface area contributed by atoms with Gasteiger partial charge in [0.05, 0.1) is 12.7 Å². The summed E-state index contributed by atoms with van der Waals surface area (Å²) in [5, 5.41) is 3.40. The molecule has 4 nitrogen and oxygen atoms in total. The predicted octanol–water partition coefficient (Wildman–Crippen LogP) is 3.29. The van der Waals surface area contributed by atoms with Gasteiger partial charge in [-0.05, 0) is 36.5 Å². The predicted molar refractivity (Wildman–Crippen MR) is 81.8 cm³/mol. The van der Waals surface area contributed by atoms with Crippen LogP contribution in [0.1, 0.15) is 43.0 Å². The summed E-state index contributed by atoms with van der Waals surface area (Å²) in [4.78, 5) is 11.8. The Kier molecular flexibility index (Phi) is 4.88. The largest absolute Gasteiger partial charge is 0.465 e. The number of nitrogens with one attached hydrogen (secondary N) is 1. The van der Waals surface area contributed by atoms with Crippen molar-refractivity contribution in [3.63, 3.8) is 0 Å². The van der Waals surface area contributed by atoms with Crippen LogP contribution >= 0.6 is 0 Å². The van der Waals surface area contributed by atoms with E-state index in [1.165, 1.54) is 32.8 Å². The SMILES string of the molecule is COC(=O)c1cc(N)ccc1NCC1CCCCC1C. The first kappa shape index (κ1) is 14.7. The lowest BCUT2D eigenvalue weighted by atomic mass is 9.80. The second-order valence-electron chi connectivity index (χ2n) is 5.70. The van der Waals surface area contributed by atoms with E-state index in [4.69, 9.17) is 10.5 Å². The van der Waals surface area contributed by atoms with Crippen molar-refractivity contribution < 1.29 is 9.53 Å². The lowest BCUT2D eigenvalue weighted by molar-refractivity contribution is 0.0602. The van der Waals surface area contributed by atoms with Crippen molar-refractivity contribution in [1.29, 1.82) is 0 Å². The summed E-state index contributed by atoms with van der Waals surface area (Å²) in [5.74, 6) is 1.06. The topological polar surface area (TPSA) is 64.3 Å².